The van der Waals surface area contributed by atoms with E-state index in [1.165, 1.54) is 5.56 Å². The molecule has 0 saturated carbocycles. The van der Waals surface area contributed by atoms with Gasteiger partial charge in [0.05, 0.1) is 12.7 Å². The number of aromatic nitrogens is 3. The van der Waals surface area contributed by atoms with Crippen LogP contribution in [0.2, 0.25) is 0 Å². The quantitative estimate of drug-likeness (QED) is 0.722. The summed E-state index contributed by atoms with van der Waals surface area (Å²) in [5.74, 6) is -0.181. The minimum absolute atomic E-state index is 0.0759. The normalized spacial score (nSPS) is 11.9. The van der Waals surface area contributed by atoms with E-state index in [0.29, 0.717) is 12.2 Å². The molecule has 1 atom stereocenters. The summed E-state index contributed by atoms with van der Waals surface area (Å²) in [6.07, 6.45) is 3.50. The average molecular weight is 334 g/mol. The second-order valence-corrected chi connectivity index (χ2v) is 6.19. The molecule has 0 fully saturated rings. The lowest BCUT2D eigenvalue weighted by molar-refractivity contribution is 0.0933. The minimum atomic E-state index is -0.181. The first-order valence-corrected chi connectivity index (χ1v) is 8.49. The number of nitrogens with one attached hydrogen (secondary N) is 1. The Labute approximate surface area is 147 Å². The lowest BCUT2D eigenvalue weighted by atomic mass is 10.1. The highest BCUT2D eigenvalue weighted by atomic mass is 16.2. The van der Waals surface area contributed by atoms with Crippen LogP contribution in [-0.2, 0) is 13.0 Å². The molecule has 0 aliphatic heterocycles. The molecule has 1 aromatic heterocycles. The van der Waals surface area contributed by atoms with Crippen molar-refractivity contribution in [2.75, 3.05) is 0 Å². The van der Waals surface area contributed by atoms with Crippen LogP contribution in [0.5, 0.6) is 0 Å². The number of aryl methyl sites for hydroxylation is 1. The Bertz CT molecular complexity index is 799. The van der Waals surface area contributed by atoms with Crippen LogP contribution < -0.4 is 5.32 Å². The molecular weight excluding hydrogens is 312 g/mol. The average Bonchev–Trinajstić information content (AvgIpc) is 3.10. The van der Waals surface area contributed by atoms with E-state index < -0.39 is 0 Å². The Morgan fingerprint density at radius 1 is 1.04 bits per heavy atom. The highest BCUT2D eigenvalue weighted by Crippen LogP contribution is 2.06. The number of amides is 1. The lowest BCUT2D eigenvalue weighted by Crippen LogP contribution is -2.33. The monoisotopic (exact) mass is 334 g/mol. The van der Waals surface area contributed by atoms with Crippen LogP contribution in [0.1, 0.15) is 35.0 Å². The minimum Gasteiger partial charge on any atom is -0.348 e. The highest BCUT2D eigenvalue weighted by molar-refractivity contribution is 5.92. The molecule has 25 heavy (non-hydrogen) atoms. The van der Waals surface area contributed by atoms with Gasteiger partial charge in [0.15, 0.2) is 5.69 Å². The number of nitrogens with zero attached hydrogens (tertiary/aromatic N) is 3. The van der Waals surface area contributed by atoms with Crippen LogP contribution in [-0.4, -0.2) is 26.9 Å². The summed E-state index contributed by atoms with van der Waals surface area (Å²) < 4.78 is 1.68. The molecule has 1 amide bonds. The molecule has 0 aliphatic carbocycles. The van der Waals surface area contributed by atoms with E-state index in [9.17, 15) is 4.79 Å². The van der Waals surface area contributed by atoms with Crippen molar-refractivity contribution in [3.05, 3.63) is 83.7 Å². The molecule has 1 heterocycles. The zero-order chi connectivity index (χ0) is 17.5. The molecule has 3 rings (SSSR count). The summed E-state index contributed by atoms with van der Waals surface area (Å²) >= 11 is 0. The van der Waals surface area contributed by atoms with Gasteiger partial charge in [0, 0.05) is 6.04 Å². The fourth-order valence-electron chi connectivity index (χ4n) is 2.65. The third-order valence-corrected chi connectivity index (χ3v) is 4.05. The summed E-state index contributed by atoms with van der Waals surface area (Å²) in [4.78, 5) is 12.3. The van der Waals surface area contributed by atoms with Crippen LogP contribution in [0.3, 0.4) is 0 Å². The van der Waals surface area contributed by atoms with Crippen molar-refractivity contribution in [3.63, 3.8) is 0 Å². The first kappa shape index (κ1) is 16.9. The van der Waals surface area contributed by atoms with Gasteiger partial charge in [-0.25, -0.2) is 4.68 Å². The fourth-order valence-corrected chi connectivity index (χ4v) is 2.65. The van der Waals surface area contributed by atoms with Gasteiger partial charge >= 0.3 is 0 Å². The van der Waals surface area contributed by atoms with Crippen molar-refractivity contribution in [1.82, 2.24) is 20.3 Å². The smallest absolute Gasteiger partial charge is 0.273 e. The maximum atomic E-state index is 12.3. The maximum absolute atomic E-state index is 12.3. The van der Waals surface area contributed by atoms with Gasteiger partial charge in [-0.1, -0.05) is 65.9 Å². The molecule has 128 valence electrons. The fraction of sp³-hybridized carbons (Fsp3) is 0.250. The van der Waals surface area contributed by atoms with Gasteiger partial charge in [0.25, 0.3) is 5.91 Å². The highest BCUT2D eigenvalue weighted by Gasteiger charge is 2.13. The molecule has 3 aromatic rings. The predicted molar refractivity (Wildman–Crippen MR) is 97.3 cm³/mol. The third-order valence-electron chi connectivity index (χ3n) is 4.05. The van der Waals surface area contributed by atoms with Crippen LogP contribution in [0.4, 0.5) is 0 Å². The van der Waals surface area contributed by atoms with Crippen LogP contribution >= 0.6 is 0 Å². The molecule has 5 heteroatoms. The third kappa shape index (κ3) is 5.01. The van der Waals surface area contributed by atoms with E-state index in [1.807, 2.05) is 55.5 Å². The standard InChI is InChI=1S/C20H22N4O/c1-16(12-13-17-8-4-2-5-9-17)21-20(25)19-15-24(23-22-19)14-18-10-6-3-7-11-18/h2-11,15-16H,12-14H2,1H3,(H,21,25). The largest absolute Gasteiger partial charge is 0.348 e. The molecule has 0 saturated heterocycles. The van der Waals surface area contributed by atoms with Gasteiger partial charge < -0.3 is 5.32 Å². The first-order chi connectivity index (χ1) is 12.2. The summed E-state index contributed by atoms with van der Waals surface area (Å²) in [6, 6.07) is 20.3. The van der Waals surface area contributed by atoms with Crippen LogP contribution in [0.15, 0.2) is 66.9 Å². The molecule has 2 aromatic carbocycles. The van der Waals surface area contributed by atoms with E-state index in [1.54, 1.807) is 10.9 Å². The number of carbonyl (C=O) groups is 1. The van der Waals surface area contributed by atoms with Crippen molar-refractivity contribution < 1.29 is 4.79 Å². The second kappa shape index (κ2) is 8.24. The molecule has 5 nitrogen and oxygen atoms in total. The van der Waals surface area contributed by atoms with Gasteiger partial charge in [-0.2, -0.15) is 0 Å². The molecular formula is C20H22N4O. The van der Waals surface area contributed by atoms with Gasteiger partial charge in [0.1, 0.15) is 0 Å². The van der Waals surface area contributed by atoms with Crippen LogP contribution in [0, 0.1) is 0 Å². The van der Waals surface area contributed by atoms with Gasteiger partial charge in [-0.05, 0) is 30.9 Å². The Hall–Kier alpha value is -2.95. The summed E-state index contributed by atoms with van der Waals surface area (Å²) in [5, 5.41) is 11.0. The Morgan fingerprint density at radius 3 is 2.36 bits per heavy atom. The molecule has 0 spiro atoms. The molecule has 0 radical (unpaired) electrons. The number of rotatable bonds is 7. The zero-order valence-electron chi connectivity index (χ0n) is 14.3. The summed E-state index contributed by atoms with van der Waals surface area (Å²) in [7, 11) is 0. The lowest BCUT2D eigenvalue weighted by Gasteiger charge is -2.12. The SMILES string of the molecule is CC(CCc1ccccc1)NC(=O)c1cn(Cc2ccccc2)nn1. The van der Waals surface area contributed by atoms with E-state index in [4.69, 9.17) is 0 Å². The van der Waals surface area contributed by atoms with E-state index in [2.05, 4.69) is 27.8 Å². The summed E-state index contributed by atoms with van der Waals surface area (Å²) in [5.41, 5.74) is 2.75. The number of hydrogen-bond acceptors (Lipinski definition) is 3. The van der Waals surface area contributed by atoms with E-state index in [0.717, 1.165) is 18.4 Å². The number of benzene rings is 2. The van der Waals surface area contributed by atoms with Crippen LogP contribution in [0.25, 0.3) is 0 Å². The van der Waals surface area contributed by atoms with Crippen molar-refractivity contribution >= 4 is 5.91 Å². The number of hydrogen-bond donors (Lipinski definition) is 1. The Morgan fingerprint density at radius 2 is 1.68 bits per heavy atom. The van der Waals surface area contributed by atoms with Crippen molar-refractivity contribution in [1.29, 1.82) is 0 Å². The molecule has 1 unspecified atom stereocenters. The number of carbonyl (C=O) groups excluding carboxylic acids is 1. The van der Waals surface area contributed by atoms with E-state index >= 15 is 0 Å². The van der Waals surface area contributed by atoms with E-state index in [-0.39, 0.29) is 11.9 Å². The predicted octanol–water partition coefficient (Wildman–Crippen LogP) is 3.08. The Balaban J connectivity index is 1.51. The topological polar surface area (TPSA) is 59.8 Å². The van der Waals surface area contributed by atoms with Gasteiger partial charge in [-0.15, -0.1) is 5.10 Å². The van der Waals surface area contributed by atoms with Crippen molar-refractivity contribution in [3.8, 4) is 0 Å². The first-order valence-electron chi connectivity index (χ1n) is 8.49. The summed E-state index contributed by atoms with van der Waals surface area (Å²) in [6.45, 7) is 2.61. The zero-order valence-corrected chi connectivity index (χ0v) is 14.3. The second-order valence-electron chi connectivity index (χ2n) is 6.19. The van der Waals surface area contributed by atoms with Crippen molar-refractivity contribution in [2.24, 2.45) is 0 Å². The van der Waals surface area contributed by atoms with Crippen molar-refractivity contribution in [2.45, 2.75) is 32.4 Å². The van der Waals surface area contributed by atoms with Gasteiger partial charge in [-0.3, -0.25) is 4.79 Å². The Kier molecular flexibility index (Phi) is 5.57. The molecule has 1 N–H and O–H groups in total. The maximum Gasteiger partial charge on any atom is 0.273 e. The molecule has 0 aliphatic rings. The molecule has 0 bridgehead atoms. The van der Waals surface area contributed by atoms with Gasteiger partial charge in [0.2, 0.25) is 0 Å².